The maximum absolute atomic E-state index is 10.5. The van der Waals surface area contributed by atoms with Gasteiger partial charge in [0.05, 0.1) is 0 Å². The number of piperidine rings is 1. The minimum absolute atomic E-state index is 0.533. The summed E-state index contributed by atoms with van der Waals surface area (Å²) in [6, 6.07) is 1.98. The number of nitrogens with zero attached hydrogens (tertiary/aromatic N) is 4. The van der Waals surface area contributed by atoms with Crippen LogP contribution in [0.15, 0.2) is 6.07 Å². The van der Waals surface area contributed by atoms with Crippen molar-refractivity contribution in [3.63, 3.8) is 0 Å². The van der Waals surface area contributed by atoms with Crippen LogP contribution in [0.3, 0.4) is 0 Å². The van der Waals surface area contributed by atoms with Gasteiger partial charge in [0.15, 0.2) is 0 Å². The molecule has 0 saturated carbocycles. The lowest BCUT2D eigenvalue weighted by molar-refractivity contribution is 0.193. The molecule has 122 valence electrons. The number of rotatable bonds is 5. The van der Waals surface area contributed by atoms with E-state index in [0.717, 1.165) is 49.8 Å². The van der Waals surface area contributed by atoms with Crippen LogP contribution in [-0.2, 0) is 0 Å². The average molecular weight is 307 g/mol. The number of carboxylic acid groups (broad SMARTS) is 1. The molecule has 1 fully saturated rings. The maximum Gasteiger partial charge on any atom is 0.404 e. The molecule has 22 heavy (non-hydrogen) atoms. The van der Waals surface area contributed by atoms with E-state index in [1.807, 2.05) is 32.0 Å². The number of nitrogens with one attached hydrogen (secondary N) is 1. The fourth-order valence-corrected chi connectivity index (χ4v) is 2.71. The predicted molar refractivity (Wildman–Crippen MR) is 86.7 cm³/mol. The highest BCUT2D eigenvalue weighted by Crippen LogP contribution is 2.24. The van der Waals surface area contributed by atoms with Gasteiger partial charge in [-0.25, -0.2) is 9.78 Å². The van der Waals surface area contributed by atoms with Crippen molar-refractivity contribution in [1.82, 2.24) is 15.3 Å². The molecule has 1 saturated heterocycles. The Kier molecular flexibility index (Phi) is 5.41. The van der Waals surface area contributed by atoms with Gasteiger partial charge in [0.1, 0.15) is 5.82 Å². The third kappa shape index (κ3) is 4.47. The fraction of sp³-hybridized carbons (Fsp3) is 0.667. The lowest BCUT2D eigenvalue weighted by Crippen LogP contribution is -2.36. The topological polar surface area (TPSA) is 81.6 Å². The summed E-state index contributed by atoms with van der Waals surface area (Å²) >= 11 is 0. The van der Waals surface area contributed by atoms with E-state index in [1.165, 1.54) is 0 Å². The van der Waals surface area contributed by atoms with Crippen molar-refractivity contribution in [3.05, 3.63) is 11.8 Å². The largest absolute Gasteiger partial charge is 0.465 e. The van der Waals surface area contributed by atoms with Crippen molar-refractivity contribution < 1.29 is 9.90 Å². The van der Waals surface area contributed by atoms with E-state index >= 15 is 0 Å². The van der Waals surface area contributed by atoms with Gasteiger partial charge in [-0.05, 0) is 32.1 Å². The number of anilines is 2. The smallest absolute Gasteiger partial charge is 0.404 e. The Bertz CT molecular complexity index is 513. The van der Waals surface area contributed by atoms with Gasteiger partial charge < -0.3 is 20.2 Å². The number of amides is 1. The molecule has 0 bridgehead atoms. The SMILES string of the molecule is Cc1cc(N(C)C)nc(N2CCC(CCNC(=O)O)CC2)n1. The molecule has 2 N–H and O–H groups in total. The summed E-state index contributed by atoms with van der Waals surface area (Å²) in [7, 11) is 3.96. The number of hydrogen-bond acceptors (Lipinski definition) is 5. The maximum atomic E-state index is 10.5. The van der Waals surface area contributed by atoms with Crippen LogP contribution in [0.5, 0.6) is 0 Å². The molecule has 1 aliphatic heterocycles. The van der Waals surface area contributed by atoms with E-state index in [4.69, 9.17) is 5.11 Å². The van der Waals surface area contributed by atoms with Crippen molar-refractivity contribution >= 4 is 17.9 Å². The average Bonchev–Trinajstić information content (AvgIpc) is 2.47. The lowest BCUT2D eigenvalue weighted by atomic mass is 9.94. The van der Waals surface area contributed by atoms with Crippen LogP contribution in [0, 0.1) is 12.8 Å². The lowest BCUT2D eigenvalue weighted by Gasteiger charge is -2.32. The van der Waals surface area contributed by atoms with Crippen LogP contribution < -0.4 is 15.1 Å². The van der Waals surface area contributed by atoms with E-state index in [0.29, 0.717) is 12.5 Å². The molecule has 0 aliphatic carbocycles. The van der Waals surface area contributed by atoms with Crippen molar-refractivity contribution in [1.29, 1.82) is 0 Å². The molecule has 2 rings (SSSR count). The molecule has 0 radical (unpaired) electrons. The Morgan fingerprint density at radius 2 is 2.09 bits per heavy atom. The van der Waals surface area contributed by atoms with Crippen LogP contribution in [0.1, 0.15) is 25.0 Å². The standard InChI is InChI=1S/C15H25N5O2/c1-11-10-13(19(2)3)18-14(17-11)20-8-5-12(6-9-20)4-7-16-15(21)22/h10,12,16H,4-9H2,1-3H3,(H,21,22). The van der Waals surface area contributed by atoms with Crippen LogP contribution >= 0.6 is 0 Å². The van der Waals surface area contributed by atoms with Crippen LogP contribution in [0.25, 0.3) is 0 Å². The summed E-state index contributed by atoms with van der Waals surface area (Å²) < 4.78 is 0. The number of aryl methyl sites for hydroxylation is 1. The van der Waals surface area contributed by atoms with Crippen molar-refractivity contribution in [2.75, 3.05) is 43.5 Å². The Labute approximate surface area is 131 Å². The molecule has 0 spiro atoms. The zero-order valence-electron chi connectivity index (χ0n) is 13.5. The Morgan fingerprint density at radius 3 is 2.68 bits per heavy atom. The third-order valence-corrected chi connectivity index (χ3v) is 4.01. The van der Waals surface area contributed by atoms with Crippen LogP contribution in [0.2, 0.25) is 0 Å². The molecule has 0 aromatic carbocycles. The van der Waals surface area contributed by atoms with Gasteiger partial charge in [-0.2, -0.15) is 4.98 Å². The molecule has 0 unspecified atom stereocenters. The fourth-order valence-electron chi connectivity index (χ4n) is 2.71. The van der Waals surface area contributed by atoms with Gasteiger partial charge in [-0.3, -0.25) is 0 Å². The highest BCUT2D eigenvalue weighted by molar-refractivity contribution is 5.64. The second-order valence-electron chi connectivity index (χ2n) is 6.01. The molecule has 1 aliphatic rings. The highest BCUT2D eigenvalue weighted by Gasteiger charge is 2.21. The van der Waals surface area contributed by atoms with E-state index in [2.05, 4.69) is 20.2 Å². The Hall–Kier alpha value is -2.05. The van der Waals surface area contributed by atoms with Crippen molar-refractivity contribution in [2.24, 2.45) is 5.92 Å². The second kappa shape index (κ2) is 7.29. The zero-order valence-corrected chi connectivity index (χ0v) is 13.5. The summed E-state index contributed by atoms with van der Waals surface area (Å²) in [6.07, 6.45) is 2.06. The second-order valence-corrected chi connectivity index (χ2v) is 6.01. The minimum atomic E-state index is -0.943. The quantitative estimate of drug-likeness (QED) is 0.862. The first-order chi connectivity index (χ1) is 10.5. The summed E-state index contributed by atoms with van der Waals surface area (Å²) in [4.78, 5) is 23.8. The van der Waals surface area contributed by atoms with E-state index < -0.39 is 6.09 Å². The molecule has 0 atom stereocenters. The molecular weight excluding hydrogens is 282 g/mol. The molecule has 1 amide bonds. The first-order valence-electron chi connectivity index (χ1n) is 7.70. The molecular formula is C15H25N5O2. The summed E-state index contributed by atoms with van der Waals surface area (Å²) in [5, 5.41) is 11.0. The summed E-state index contributed by atoms with van der Waals surface area (Å²) in [5.41, 5.74) is 0.974. The predicted octanol–water partition coefficient (Wildman–Crippen LogP) is 1.73. The Morgan fingerprint density at radius 1 is 1.41 bits per heavy atom. The van der Waals surface area contributed by atoms with Gasteiger partial charge in [0.2, 0.25) is 5.95 Å². The third-order valence-electron chi connectivity index (χ3n) is 4.01. The van der Waals surface area contributed by atoms with E-state index in [1.54, 1.807) is 0 Å². The summed E-state index contributed by atoms with van der Waals surface area (Å²) in [6.45, 7) is 4.37. The molecule has 1 aromatic heterocycles. The first kappa shape index (κ1) is 16.3. The van der Waals surface area contributed by atoms with Gasteiger partial charge in [-0.15, -0.1) is 0 Å². The van der Waals surface area contributed by atoms with Gasteiger partial charge in [0, 0.05) is 45.5 Å². The normalized spacial score (nSPS) is 15.7. The Balaban J connectivity index is 1.90. The molecule has 2 heterocycles. The van der Waals surface area contributed by atoms with Crippen molar-refractivity contribution in [2.45, 2.75) is 26.2 Å². The monoisotopic (exact) mass is 307 g/mol. The van der Waals surface area contributed by atoms with Crippen LogP contribution in [-0.4, -0.2) is 54.9 Å². The first-order valence-corrected chi connectivity index (χ1v) is 7.70. The minimum Gasteiger partial charge on any atom is -0.465 e. The van der Waals surface area contributed by atoms with Gasteiger partial charge in [0.25, 0.3) is 0 Å². The summed E-state index contributed by atoms with van der Waals surface area (Å²) in [5.74, 6) is 2.29. The number of carbonyl (C=O) groups is 1. The van der Waals surface area contributed by atoms with Crippen LogP contribution in [0.4, 0.5) is 16.6 Å². The number of hydrogen-bond donors (Lipinski definition) is 2. The molecule has 1 aromatic rings. The van der Waals surface area contributed by atoms with Gasteiger partial charge in [-0.1, -0.05) is 0 Å². The molecule has 7 nitrogen and oxygen atoms in total. The zero-order chi connectivity index (χ0) is 16.1. The molecule has 7 heteroatoms. The van der Waals surface area contributed by atoms with E-state index in [-0.39, 0.29) is 0 Å². The van der Waals surface area contributed by atoms with Crippen molar-refractivity contribution in [3.8, 4) is 0 Å². The number of aromatic nitrogens is 2. The van der Waals surface area contributed by atoms with E-state index in [9.17, 15) is 4.79 Å². The highest BCUT2D eigenvalue weighted by atomic mass is 16.4. The van der Waals surface area contributed by atoms with Gasteiger partial charge >= 0.3 is 6.09 Å².